The lowest BCUT2D eigenvalue weighted by molar-refractivity contribution is -0.141. The molecule has 0 fully saturated rings. The molecule has 0 radical (unpaired) electrons. The minimum Gasteiger partial charge on any atom is -0.410 e. The maximum Gasteiger partial charge on any atom is 0.433 e. The van der Waals surface area contributed by atoms with Crippen LogP contribution in [0.4, 0.5) is 13.2 Å². The Labute approximate surface area is 124 Å². The summed E-state index contributed by atoms with van der Waals surface area (Å²) >= 11 is 2.19. The summed E-state index contributed by atoms with van der Waals surface area (Å²) in [7, 11) is 0. The Morgan fingerprint density at radius 3 is 2.76 bits per heavy atom. The normalized spacial score (nSPS) is 11.8. The van der Waals surface area contributed by atoms with E-state index in [2.05, 4.69) is 20.2 Å². The molecule has 0 amide bonds. The smallest absolute Gasteiger partial charge is 0.410 e. The summed E-state index contributed by atoms with van der Waals surface area (Å²) in [6.07, 6.45) is -3.48. The van der Waals surface area contributed by atoms with Crippen LogP contribution in [0.1, 0.15) is 5.69 Å². The number of thiophene rings is 1. The first-order valence-electron chi connectivity index (χ1n) is 5.48. The molecule has 3 aromatic rings. The number of hydrogen-bond acceptors (Lipinski definition) is 7. The van der Waals surface area contributed by atoms with Crippen molar-refractivity contribution in [3.05, 3.63) is 35.5 Å². The maximum absolute atomic E-state index is 12.5. The lowest BCUT2D eigenvalue weighted by Crippen LogP contribution is -2.08. The molecule has 0 aromatic carbocycles. The highest BCUT2D eigenvalue weighted by Gasteiger charge is 2.33. The van der Waals surface area contributed by atoms with Crippen LogP contribution in [0.3, 0.4) is 0 Å². The predicted molar refractivity (Wildman–Crippen MR) is 68.8 cm³/mol. The molecule has 108 valence electrons. The number of alkyl halides is 3. The lowest BCUT2D eigenvalue weighted by atomic mass is 10.4. The number of halogens is 3. The minimum atomic E-state index is -4.52. The van der Waals surface area contributed by atoms with E-state index in [0.717, 1.165) is 28.9 Å². The summed E-state index contributed by atoms with van der Waals surface area (Å²) in [6.45, 7) is 0. The summed E-state index contributed by atoms with van der Waals surface area (Å²) in [4.78, 5) is 7.94. The molecule has 0 atom stereocenters. The molecule has 0 unspecified atom stereocenters. The van der Waals surface area contributed by atoms with Gasteiger partial charge in [-0.25, -0.2) is 9.97 Å². The lowest BCUT2D eigenvalue weighted by Gasteiger charge is -2.05. The standard InChI is InChI=1S/C11H5F3N4OS2/c12-11(13,14)7-3-4-15-9(16-7)21-10-18-17-8(19-10)6-2-1-5-20-6/h1-5H. The van der Waals surface area contributed by atoms with Gasteiger partial charge < -0.3 is 4.42 Å². The van der Waals surface area contributed by atoms with Gasteiger partial charge in [0, 0.05) is 18.0 Å². The van der Waals surface area contributed by atoms with Crippen molar-refractivity contribution in [2.24, 2.45) is 0 Å². The van der Waals surface area contributed by atoms with E-state index in [1.807, 2.05) is 11.4 Å². The van der Waals surface area contributed by atoms with Crippen molar-refractivity contribution in [1.82, 2.24) is 20.2 Å². The molecule has 3 heterocycles. The molecule has 5 nitrogen and oxygen atoms in total. The molecule has 3 rings (SSSR count). The Balaban J connectivity index is 1.81. The molecule has 0 spiro atoms. The van der Waals surface area contributed by atoms with Gasteiger partial charge in [-0.05, 0) is 17.5 Å². The second-order valence-corrected chi connectivity index (χ2v) is 5.54. The van der Waals surface area contributed by atoms with E-state index >= 15 is 0 Å². The number of nitrogens with zero attached hydrogens (tertiary/aromatic N) is 4. The zero-order valence-corrected chi connectivity index (χ0v) is 11.7. The number of rotatable bonds is 3. The van der Waals surface area contributed by atoms with Crippen molar-refractivity contribution in [2.45, 2.75) is 16.6 Å². The van der Waals surface area contributed by atoms with Crippen LogP contribution in [0.15, 0.2) is 44.6 Å². The fourth-order valence-electron chi connectivity index (χ4n) is 1.38. The highest BCUT2D eigenvalue weighted by molar-refractivity contribution is 7.98. The Hall–Kier alpha value is -1.94. The highest BCUT2D eigenvalue weighted by atomic mass is 32.2. The summed E-state index contributed by atoms with van der Waals surface area (Å²) in [5.41, 5.74) is -1.02. The van der Waals surface area contributed by atoms with Gasteiger partial charge in [0.2, 0.25) is 0 Å². The van der Waals surface area contributed by atoms with Crippen LogP contribution in [-0.4, -0.2) is 20.2 Å². The van der Waals surface area contributed by atoms with E-state index in [0.29, 0.717) is 5.89 Å². The third kappa shape index (κ3) is 3.22. The van der Waals surface area contributed by atoms with Crippen LogP contribution in [0.2, 0.25) is 0 Å². The molecule has 21 heavy (non-hydrogen) atoms. The van der Waals surface area contributed by atoms with Crippen LogP contribution in [-0.2, 0) is 6.18 Å². The molecule has 0 aliphatic carbocycles. The first-order chi connectivity index (χ1) is 10.0. The van der Waals surface area contributed by atoms with Gasteiger partial charge >= 0.3 is 6.18 Å². The monoisotopic (exact) mass is 330 g/mol. The van der Waals surface area contributed by atoms with Gasteiger partial charge in [-0.15, -0.1) is 21.5 Å². The van der Waals surface area contributed by atoms with Gasteiger partial charge in [0.1, 0.15) is 5.69 Å². The Kier molecular flexibility index (Phi) is 3.64. The van der Waals surface area contributed by atoms with Crippen LogP contribution in [0.5, 0.6) is 0 Å². The molecule has 3 aromatic heterocycles. The SMILES string of the molecule is FC(F)(F)c1ccnc(Sc2nnc(-c3cccs3)o2)n1. The van der Waals surface area contributed by atoms with Crippen molar-refractivity contribution >= 4 is 23.1 Å². The molecule has 0 saturated heterocycles. The van der Waals surface area contributed by atoms with E-state index in [4.69, 9.17) is 4.42 Å². The summed E-state index contributed by atoms with van der Waals surface area (Å²) in [5, 5.41) is 9.40. The largest absolute Gasteiger partial charge is 0.433 e. The van der Waals surface area contributed by atoms with Crippen molar-refractivity contribution < 1.29 is 17.6 Å². The van der Waals surface area contributed by atoms with Crippen molar-refractivity contribution in [3.63, 3.8) is 0 Å². The van der Waals surface area contributed by atoms with Gasteiger partial charge in [0.25, 0.3) is 11.1 Å². The third-order valence-corrected chi connectivity index (χ3v) is 3.82. The topological polar surface area (TPSA) is 64.7 Å². The Morgan fingerprint density at radius 2 is 2.05 bits per heavy atom. The highest BCUT2D eigenvalue weighted by Crippen LogP contribution is 2.31. The van der Waals surface area contributed by atoms with Crippen LogP contribution in [0.25, 0.3) is 10.8 Å². The second kappa shape index (κ2) is 5.45. The van der Waals surface area contributed by atoms with Crippen LogP contribution >= 0.6 is 23.1 Å². The van der Waals surface area contributed by atoms with Crippen molar-refractivity contribution in [3.8, 4) is 10.8 Å². The van der Waals surface area contributed by atoms with E-state index in [1.54, 1.807) is 6.07 Å². The zero-order chi connectivity index (χ0) is 14.9. The molecule has 0 saturated carbocycles. The maximum atomic E-state index is 12.5. The second-order valence-electron chi connectivity index (χ2n) is 3.67. The van der Waals surface area contributed by atoms with Gasteiger partial charge in [-0.3, -0.25) is 0 Å². The quantitative estimate of drug-likeness (QED) is 0.681. The fourth-order valence-corrected chi connectivity index (χ4v) is 2.64. The van der Waals surface area contributed by atoms with E-state index < -0.39 is 11.9 Å². The van der Waals surface area contributed by atoms with E-state index in [-0.39, 0.29) is 10.4 Å². The van der Waals surface area contributed by atoms with E-state index in [9.17, 15) is 13.2 Å². The average molecular weight is 330 g/mol. The first kappa shape index (κ1) is 14.0. The van der Waals surface area contributed by atoms with Gasteiger partial charge in [-0.2, -0.15) is 13.2 Å². The molecular formula is C11H5F3N4OS2. The minimum absolute atomic E-state index is 0.0812. The number of hydrogen-bond donors (Lipinski definition) is 0. The fraction of sp³-hybridized carbons (Fsp3) is 0.0909. The number of aromatic nitrogens is 4. The van der Waals surface area contributed by atoms with E-state index in [1.165, 1.54) is 11.3 Å². The summed E-state index contributed by atoms with van der Waals surface area (Å²) < 4.78 is 43.0. The predicted octanol–water partition coefficient (Wildman–Crippen LogP) is 3.76. The van der Waals surface area contributed by atoms with Gasteiger partial charge in [0.15, 0.2) is 5.16 Å². The summed E-state index contributed by atoms with van der Waals surface area (Å²) in [6, 6.07) is 4.43. The molecule has 0 N–H and O–H groups in total. The zero-order valence-electron chi connectivity index (χ0n) is 10.0. The average Bonchev–Trinajstić information content (AvgIpc) is 3.08. The van der Waals surface area contributed by atoms with Crippen molar-refractivity contribution in [1.29, 1.82) is 0 Å². The third-order valence-electron chi connectivity index (χ3n) is 2.24. The summed E-state index contributed by atoms with van der Waals surface area (Å²) in [5.74, 6) is 0.305. The molecule has 0 aliphatic heterocycles. The van der Waals surface area contributed by atoms with Gasteiger partial charge in [-0.1, -0.05) is 6.07 Å². The molecule has 10 heteroatoms. The Bertz CT molecular complexity index is 742. The van der Waals surface area contributed by atoms with Crippen molar-refractivity contribution in [2.75, 3.05) is 0 Å². The molecule has 0 aliphatic rings. The molecule has 0 bridgehead atoms. The van der Waals surface area contributed by atoms with Crippen LogP contribution < -0.4 is 0 Å². The first-order valence-corrected chi connectivity index (χ1v) is 7.17. The van der Waals surface area contributed by atoms with Gasteiger partial charge in [0.05, 0.1) is 4.88 Å². The molecular weight excluding hydrogens is 325 g/mol. The van der Waals surface area contributed by atoms with Crippen LogP contribution in [0, 0.1) is 0 Å². The Morgan fingerprint density at radius 1 is 1.19 bits per heavy atom.